The first kappa shape index (κ1) is 13.5. The predicted octanol–water partition coefficient (Wildman–Crippen LogP) is 2.88. The van der Waals surface area contributed by atoms with Crippen molar-refractivity contribution >= 4 is 10.9 Å². The van der Waals surface area contributed by atoms with E-state index in [1.165, 1.54) is 18.2 Å². The van der Waals surface area contributed by atoms with Gasteiger partial charge in [-0.1, -0.05) is 37.1 Å². The number of aromatic nitrogens is 1. The molecule has 1 aliphatic carbocycles. The van der Waals surface area contributed by atoms with E-state index in [1.54, 1.807) is 0 Å². The number of fused-ring (bicyclic) bond motifs is 1. The summed E-state index contributed by atoms with van der Waals surface area (Å²) in [6.45, 7) is 1.95. The molecule has 2 aromatic rings. The number of hydrogen-bond acceptors (Lipinski definition) is 3. The first-order valence-corrected chi connectivity index (χ1v) is 7.48. The minimum absolute atomic E-state index is 0.108. The fourth-order valence-electron chi connectivity index (χ4n) is 3.18. The molecule has 1 aromatic carbocycles. The molecular formula is C17H22N2O. The molecule has 1 saturated carbocycles. The molecule has 1 aliphatic rings. The van der Waals surface area contributed by atoms with Gasteiger partial charge in [-0.25, -0.2) is 0 Å². The first-order valence-electron chi connectivity index (χ1n) is 7.48. The number of nitrogens with zero attached hydrogens (tertiary/aromatic N) is 1. The van der Waals surface area contributed by atoms with Crippen molar-refractivity contribution in [2.24, 2.45) is 5.41 Å². The molecule has 0 aliphatic heterocycles. The summed E-state index contributed by atoms with van der Waals surface area (Å²) in [6, 6.07) is 12.4. The van der Waals surface area contributed by atoms with Crippen LogP contribution in [0.5, 0.6) is 0 Å². The molecule has 0 bridgehead atoms. The highest BCUT2D eigenvalue weighted by molar-refractivity contribution is 5.78. The molecule has 1 aromatic heterocycles. The number of pyridine rings is 1. The third-order valence-electron chi connectivity index (χ3n) is 4.46. The summed E-state index contributed by atoms with van der Waals surface area (Å²) in [5.41, 5.74) is 2.22. The fourth-order valence-corrected chi connectivity index (χ4v) is 3.18. The van der Waals surface area contributed by atoms with Gasteiger partial charge in [0.1, 0.15) is 0 Å². The number of hydrogen-bond donors (Lipinski definition) is 2. The second-order valence-electron chi connectivity index (χ2n) is 5.96. The van der Waals surface area contributed by atoms with Gasteiger partial charge in [0.15, 0.2) is 0 Å². The molecule has 3 rings (SSSR count). The second kappa shape index (κ2) is 5.90. The monoisotopic (exact) mass is 270 g/mol. The Morgan fingerprint density at radius 2 is 1.90 bits per heavy atom. The van der Waals surface area contributed by atoms with Crippen LogP contribution in [0.2, 0.25) is 0 Å². The number of aliphatic hydroxyl groups excluding tert-OH is 1. The Bertz CT molecular complexity index is 576. The van der Waals surface area contributed by atoms with Crippen LogP contribution < -0.4 is 5.32 Å². The fraction of sp³-hybridized carbons (Fsp3) is 0.471. The molecule has 20 heavy (non-hydrogen) atoms. The van der Waals surface area contributed by atoms with Gasteiger partial charge in [0.05, 0.1) is 11.2 Å². The van der Waals surface area contributed by atoms with E-state index >= 15 is 0 Å². The van der Waals surface area contributed by atoms with Crippen molar-refractivity contribution in [2.75, 3.05) is 13.2 Å². The minimum atomic E-state index is 0.108. The number of benzene rings is 1. The van der Waals surface area contributed by atoms with Crippen molar-refractivity contribution in [3.8, 4) is 0 Å². The van der Waals surface area contributed by atoms with Gasteiger partial charge in [-0.15, -0.1) is 0 Å². The number of nitrogens with one attached hydrogen (secondary N) is 1. The Morgan fingerprint density at radius 1 is 1.10 bits per heavy atom. The average molecular weight is 270 g/mol. The lowest BCUT2D eigenvalue weighted by Crippen LogP contribution is -2.34. The molecule has 1 fully saturated rings. The van der Waals surface area contributed by atoms with Crippen LogP contribution in [0.15, 0.2) is 36.4 Å². The Kier molecular flexibility index (Phi) is 3.99. The van der Waals surface area contributed by atoms with Gasteiger partial charge in [0.25, 0.3) is 0 Å². The Hall–Kier alpha value is -1.45. The second-order valence-corrected chi connectivity index (χ2v) is 5.96. The van der Waals surface area contributed by atoms with Crippen molar-refractivity contribution in [1.82, 2.24) is 10.3 Å². The predicted molar refractivity (Wildman–Crippen MR) is 81.4 cm³/mol. The van der Waals surface area contributed by atoms with Gasteiger partial charge < -0.3 is 10.4 Å². The highest BCUT2D eigenvalue weighted by atomic mass is 16.3. The summed E-state index contributed by atoms with van der Waals surface area (Å²) in [5.74, 6) is 0. The normalized spacial score (nSPS) is 17.6. The van der Waals surface area contributed by atoms with Crippen LogP contribution in [0.1, 0.15) is 31.4 Å². The molecule has 106 valence electrons. The standard InChI is InChI=1S/C17H22N2O/c20-13-17(9-3-4-10-17)12-18-11-15-8-7-14-5-1-2-6-16(14)19-15/h1-2,5-8,18,20H,3-4,9-13H2. The van der Waals surface area contributed by atoms with Gasteiger partial charge in [0.2, 0.25) is 0 Å². The molecular weight excluding hydrogens is 248 g/mol. The Morgan fingerprint density at radius 3 is 2.70 bits per heavy atom. The quantitative estimate of drug-likeness (QED) is 0.878. The lowest BCUT2D eigenvalue weighted by Gasteiger charge is -2.26. The number of aliphatic hydroxyl groups is 1. The summed E-state index contributed by atoms with van der Waals surface area (Å²) >= 11 is 0. The van der Waals surface area contributed by atoms with Crippen LogP contribution in [0.4, 0.5) is 0 Å². The molecule has 0 spiro atoms. The third kappa shape index (κ3) is 2.84. The molecule has 0 saturated heterocycles. The topological polar surface area (TPSA) is 45.1 Å². The minimum Gasteiger partial charge on any atom is -0.396 e. The van der Waals surface area contributed by atoms with Crippen molar-refractivity contribution in [3.63, 3.8) is 0 Å². The summed E-state index contributed by atoms with van der Waals surface area (Å²) in [5, 5.41) is 14.3. The molecule has 1 heterocycles. The van der Waals surface area contributed by atoms with Crippen LogP contribution in [0, 0.1) is 5.41 Å². The van der Waals surface area contributed by atoms with Crippen LogP contribution in [0.25, 0.3) is 10.9 Å². The summed E-state index contributed by atoms with van der Waals surface area (Å²) in [6.07, 6.45) is 4.77. The largest absolute Gasteiger partial charge is 0.396 e. The van der Waals surface area contributed by atoms with E-state index in [0.29, 0.717) is 6.61 Å². The summed E-state index contributed by atoms with van der Waals surface area (Å²) < 4.78 is 0. The van der Waals surface area contributed by atoms with Crippen LogP contribution in [0.3, 0.4) is 0 Å². The maximum Gasteiger partial charge on any atom is 0.0705 e. The first-order chi connectivity index (χ1) is 9.81. The van der Waals surface area contributed by atoms with E-state index in [0.717, 1.165) is 37.1 Å². The lowest BCUT2D eigenvalue weighted by molar-refractivity contribution is 0.128. The SMILES string of the molecule is OCC1(CNCc2ccc3ccccc3n2)CCCC1. The van der Waals surface area contributed by atoms with E-state index in [-0.39, 0.29) is 5.41 Å². The molecule has 0 unspecified atom stereocenters. The van der Waals surface area contributed by atoms with E-state index in [4.69, 9.17) is 0 Å². The van der Waals surface area contributed by atoms with E-state index in [1.807, 2.05) is 18.2 Å². The van der Waals surface area contributed by atoms with Gasteiger partial charge in [0, 0.05) is 30.5 Å². The summed E-state index contributed by atoms with van der Waals surface area (Å²) in [7, 11) is 0. The zero-order valence-corrected chi connectivity index (χ0v) is 11.8. The zero-order chi connectivity index (χ0) is 13.8. The van der Waals surface area contributed by atoms with Crippen LogP contribution in [-0.4, -0.2) is 23.2 Å². The zero-order valence-electron chi connectivity index (χ0n) is 11.8. The third-order valence-corrected chi connectivity index (χ3v) is 4.46. The van der Waals surface area contributed by atoms with Crippen molar-refractivity contribution < 1.29 is 5.11 Å². The van der Waals surface area contributed by atoms with Crippen molar-refractivity contribution in [1.29, 1.82) is 0 Å². The molecule has 0 radical (unpaired) electrons. The molecule has 3 heteroatoms. The van der Waals surface area contributed by atoms with Crippen molar-refractivity contribution in [3.05, 3.63) is 42.1 Å². The number of para-hydroxylation sites is 1. The van der Waals surface area contributed by atoms with Gasteiger partial charge in [-0.3, -0.25) is 4.98 Å². The van der Waals surface area contributed by atoms with Crippen LogP contribution >= 0.6 is 0 Å². The lowest BCUT2D eigenvalue weighted by atomic mass is 9.87. The molecule has 0 atom stereocenters. The summed E-state index contributed by atoms with van der Waals surface area (Å²) in [4.78, 5) is 4.66. The Labute approximate surface area is 120 Å². The van der Waals surface area contributed by atoms with Crippen molar-refractivity contribution in [2.45, 2.75) is 32.2 Å². The highest BCUT2D eigenvalue weighted by Gasteiger charge is 2.32. The van der Waals surface area contributed by atoms with E-state index in [2.05, 4.69) is 28.5 Å². The van der Waals surface area contributed by atoms with Gasteiger partial charge >= 0.3 is 0 Å². The molecule has 0 amide bonds. The average Bonchev–Trinajstić information content (AvgIpc) is 2.96. The Balaban J connectivity index is 1.62. The molecule has 3 nitrogen and oxygen atoms in total. The van der Waals surface area contributed by atoms with Gasteiger partial charge in [-0.2, -0.15) is 0 Å². The van der Waals surface area contributed by atoms with Gasteiger partial charge in [-0.05, 0) is 25.0 Å². The van der Waals surface area contributed by atoms with E-state index in [9.17, 15) is 5.11 Å². The highest BCUT2D eigenvalue weighted by Crippen LogP contribution is 2.36. The maximum atomic E-state index is 9.60. The maximum absolute atomic E-state index is 9.60. The van der Waals surface area contributed by atoms with Crippen LogP contribution in [-0.2, 0) is 6.54 Å². The smallest absolute Gasteiger partial charge is 0.0705 e. The van der Waals surface area contributed by atoms with E-state index < -0.39 is 0 Å². The number of rotatable bonds is 5. The molecule has 2 N–H and O–H groups in total.